The average molecular weight is 247 g/mol. The van der Waals surface area contributed by atoms with Crippen molar-refractivity contribution < 1.29 is 9.53 Å². The molecule has 5 nitrogen and oxygen atoms in total. The third kappa shape index (κ3) is 3.29. The topological polar surface area (TPSA) is 55.3 Å². The Bertz CT molecular complexity index is 408. The van der Waals surface area contributed by atoms with Crippen LogP contribution in [0.5, 0.6) is 6.01 Å². The number of carbonyl (C=O) groups is 1. The van der Waals surface area contributed by atoms with Crippen LogP contribution >= 0.6 is 0 Å². The summed E-state index contributed by atoms with van der Waals surface area (Å²) in [6.07, 6.45) is 7.13. The van der Waals surface area contributed by atoms with E-state index in [0.717, 1.165) is 19.4 Å². The highest BCUT2D eigenvalue weighted by Crippen LogP contribution is 2.15. The van der Waals surface area contributed by atoms with Crippen LogP contribution < -0.4 is 4.74 Å². The standard InChI is InChI=1S/C13H17N3O2/c1-2-3-5-12(17)16-9-6-11(10-16)18-13-14-7-4-8-15-13/h2,4,7-8,11H,1,3,5-6,9-10H2. The van der Waals surface area contributed by atoms with Crippen LogP contribution in [0.2, 0.25) is 0 Å². The van der Waals surface area contributed by atoms with Gasteiger partial charge in [0, 0.05) is 31.8 Å². The maximum atomic E-state index is 11.8. The van der Waals surface area contributed by atoms with Crippen molar-refractivity contribution in [3.63, 3.8) is 0 Å². The van der Waals surface area contributed by atoms with Crippen LogP contribution in [0, 0.1) is 0 Å². The van der Waals surface area contributed by atoms with Gasteiger partial charge in [-0.05, 0) is 12.5 Å². The molecule has 1 aromatic heterocycles. The molecule has 0 aliphatic carbocycles. The van der Waals surface area contributed by atoms with Crippen molar-refractivity contribution in [1.82, 2.24) is 14.9 Å². The lowest BCUT2D eigenvalue weighted by atomic mass is 10.3. The molecule has 1 atom stereocenters. The molecule has 0 saturated carbocycles. The molecule has 18 heavy (non-hydrogen) atoms. The predicted molar refractivity (Wildman–Crippen MR) is 67.1 cm³/mol. The molecule has 5 heteroatoms. The largest absolute Gasteiger partial charge is 0.458 e. The molecule has 96 valence electrons. The number of rotatable bonds is 5. The average Bonchev–Trinajstić information content (AvgIpc) is 2.86. The molecule has 0 radical (unpaired) electrons. The van der Waals surface area contributed by atoms with E-state index in [1.165, 1.54) is 0 Å². The number of hydrogen-bond donors (Lipinski definition) is 0. The van der Waals surface area contributed by atoms with Crippen molar-refractivity contribution in [2.75, 3.05) is 13.1 Å². The Morgan fingerprint density at radius 2 is 2.33 bits per heavy atom. The van der Waals surface area contributed by atoms with E-state index in [1.807, 2.05) is 4.90 Å². The highest BCUT2D eigenvalue weighted by Gasteiger charge is 2.27. The quantitative estimate of drug-likeness (QED) is 0.738. The zero-order valence-corrected chi connectivity index (χ0v) is 10.3. The first-order chi connectivity index (χ1) is 8.79. The zero-order chi connectivity index (χ0) is 12.8. The lowest BCUT2D eigenvalue weighted by molar-refractivity contribution is -0.130. The molecular formula is C13H17N3O2. The second-order valence-corrected chi connectivity index (χ2v) is 4.23. The smallest absolute Gasteiger partial charge is 0.316 e. The Hall–Kier alpha value is -1.91. The third-order valence-electron chi connectivity index (χ3n) is 2.87. The maximum Gasteiger partial charge on any atom is 0.316 e. The molecular weight excluding hydrogens is 230 g/mol. The van der Waals surface area contributed by atoms with E-state index in [2.05, 4.69) is 16.5 Å². The van der Waals surface area contributed by atoms with Crippen LogP contribution in [-0.4, -0.2) is 40.0 Å². The Kier molecular flexibility index (Phi) is 4.28. The fraction of sp³-hybridized carbons (Fsp3) is 0.462. The first kappa shape index (κ1) is 12.5. The molecule has 1 unspecified atom stereocenters. The van der Waals surface area contributed by atoms with E-state index < -0.39 is 0 Å². The Morgan fingerprint density at radius 1 is 1.56 bits per heavy atom. The number of carbonyl (C=O) groups excluding carboxylic acids is 1. The van der Waals surface area contributed by atoms with Gasteiger partial charge >= 0.3 is 6.01 Å². The third-order valence-corrected chi connectivity index (χ3v) is 2.87. The molecule has 1 aliphatic rings. The Balaban J connectivity index is 1.81. The fourth-order valence-corrected chi connectivity index (χ4v) is 1.93. The summed E-state index contributed by atoms with van der Waals surface area (Å²) in [5.74, 6) is 0.162. The van der Waals surface area contributed by atoms with E-state index in [9.17, 15) is 4.79 Å². The minimum Gasteiger partial charge on any atom is -0.458 e. The van der Waals surface area contributed by atoms with Crippen molar-refractivity contribution in [1.29, 1.82) is 0 Å². The number of nitrogens with zero attached hydrogens (tertiary/aromatic N) is 3. The molecule has 1 fully saturated rings. The second kappa shape index (κ2) is 6.14. The van der Waals surface area contributed by atoms with Crippen LogP contribution in [0.15, 0.2) is 31.1 Å². The van der Waals surface area contributed by atoms with Crippen molar-refractivity contribution in [3.8, 4) is 6.01 Å². The number of hydrogen-bond acceptors (Lipinski definition) is 4. The van der Waals surface area contributed by atoms with Gasteiger partial charge in [0.25, 0.3) is 0 Å². The van der Waals surface area contributed by atoms with Gasteiger partial charge in [0.1, 0.15) is 6.10 Å². The molecule has 0 spiro atoms. The van der Waals surface area contributed by atoms with Gasteiger partial charge in [-0.3, -0.25) is 4.79 Å². The number of likely N-dealkylation sites (tertiary alicyclic amines) is 1. The molecule has 0 N–H and O–H groups in total. The first-order valence-corrected chi connectivity index (χ1v) is 6.12. The summed E-state index contributed by atoms with van der Waals surface area (Å²) in [4.78, 5) is 21.6. The van der Waals surface area contributed by atoms with Gasteiger partial charge in [-0.15, -0.1) is 6.58 Å². The van der Waals surface area contributed by atoms with E-state index in [0.29, 0.717) is 19.0 Å². The fourth-order valence-electron chi connectivity index (χ4n) is 1.93. The van der Waals surface area contributed by atoms with Gasteiger partial charge in [0.15, 0.2) is 0 Å². The van der Waals surface area contributed by atoms with Crippen molar-refractivity contribution in [2.45, 2.75) is 25.4 Å². The van der Waals surface area contributed by atoms with Gasteiger partial charge in [-0.25, -0.2) is 9.97 Å². The van der Waals surface area contributed by atoms with Crippen molar-refractivity contribution in [2.24, 2.45) is 0 Å². The minimum atomic E-state index is 0.0000751. The number of aromatic nitrogens is 2. The Labute approximate surface area is 106 Å². The summed E-state index contributed by atoms with van der Waals surface area (Å²) in [6, 6.07) is 2.12. The van der Waals surface area contributed by atoms with Crippen LogP contribution in [0.4, 0.5) is 0 Å². The van der Waals surface area contributed by atoms with Gasteiger partial charge in [-0.2, -0.15) is 0 Å². The van der Waals surface area contributed by atoms with Gasteiger partial charge in [0.2, 0.25) is 5.91 Å². The number of ether oxygens (including phenoxy) is 1. The monoisotopic (exact) mass is 247 g/mol. The van der Waals surface area contributed by atoms with Gasteiger partial charge in [-0.1, -0.05) is 6.08 Å². The van der Waals surface area contributed by atoms with E-state index in [-0.39, 0.29) is 12.0 Å². The molecule has 2 rings (SSSR count). The SMILES string of the molecule is C=CCCC(=O)N1CCC(Oc2ncccn2)C1. The number of amides is 1. The molecule has 1 aliphatic heterocycles. The summed E-state index contributed by atoms with van der Waals surface area (Å²) >= 11 is 0. The van der Waals surface area contributed by atoms with Crippen LogP contribution in [0.25, 0.3) is 0 Å². The highest BCUT2D eigenvalue weighted by atomic mass is 16.5. The van der Waals surface area contributed by atoms with E-state index >= 15 is 0 Å². The van der Waals surface area contributed by atoms with E-state index in [4.69, 9.17) is 4.74 Å². The minimum absolute atomic E-state index is 0.0000751. The van der Waals surface area contributed by atoms with Gasteiger partial charge < -0.3 is 9.64 Å². The molecule has 1 aromatic rings. The van der Waals surface area contributed by atoms with Crippen molar-refractivity contribution >= 4 is 5.91 Å². The molecule has 1 saturated heterocycles. The second-order valence-electron chi connectivity index (χ2n) is 4.23. The van der Waals surface area contributed by atoms with Gasteiger partial charge in [0.05, 0.1) is 6.54 Å². The Morgan fingerprint density at radius 3 is 3.06 bits per heavy atom. The summed E-state index contributed by atoms with van der Waals surface area (Å²) in [7, 11) is 0. The van der Waals surface area contributed by atoms with Crippen LogP contribution in [-0.2, 0) is 4.79 Å². The highest BCUT2D eigenvalue weighted by molar-refractivity contribution is 5.76. The normalized spacial score (nSPS) is 18.7. The zero-order valence-electron chi connectivity index (χ0n) is 10.3. The van der Waals surface area contributed by atoms with Crippen molar-refractivity contribution in [3.05, 3.63) is 31.1 Å². The number of allylic oxidation sites excluding steroid dienone is 1. The molecule has 2 heterocycles. The summed E-state index contributed by atoms with van der Waals surface area (Å²) in [5, 5.41) is 0. The maximum absolute atomic E-state index is 11.8. The summed E-state index contributed by atoms with van der Waals surface area (Å²) in [6.45, 7) is 4.98. The summed E-state index contributed by atoms with van der Waals surface area (Å²) < 4.78 is 5.62. The molecule has 0 bridgehead atoms. The van der Waals surface area contributed by atoms with Crippen LogP contribution in [0.3, 0.4) is 0 Å². The lowest BCUT2D eigenvalue weighted by Crippen LogP contribution is -2.30. The van der Waals surface area contributed by atoms with E-state index in [1.54, 1.807) is 24.5 Å². The molecule has 0 aromatic carbocycles. The molecule has 1 amide bonds. The lowest BCUT2D eigenvalue weighted by Gasteiger charge is -2.16. The van der Waals surface area contributed by atoms with Crippen LogP contribution in [0.1, 0.15) is 19.3 Å². The summed E-state index contributed by atoms with van der Waals surface area (Å²) in [5.41, 5.74) is 0. The predicted octanol–water partition coefficient (Wildman–Crippen LogP) is 1.42. The first-order valence-electron chi connectivity index (χ1n) is 6.12.